The van der Waals surface area contributed by atoms with Gasteiger partial charge in [-0.15, -0.1) is 0 Å². The van der Waals surface area contributed by atoms with Crippen molar-refractivity contribution in [3.63, 3.8) is 0 Å². The van der Waals surface area contributed by atoms with Crippen LogP contribution in [0.5, 0.6) is 0 Å². The highest BCUT2D eigenvalue weighted by atomic mass is 15.2. The van der Waals surface area contributed by atoms with Crippen LogP contribution >= 0.6 is 0 Å². The molecule has 0 saturated heterocycles. The maximum absolute atomic E-state index is 5.25. The van der Waals surface area contributed by atoms with E-state index < -0.39 is 0 Å². The van der Waals surface area contributed by atoms with Crippen LogP contribution in [0.3, 0.4) is 0 Å². The van der Waals surface area contributed by atoms with Gasteiger partial charge < -0.3 is 0 Å². The predicted molar refractivity (Wildman–Crippen MR) is 238 cm³/mol. The highest BCUT2D eigenvalue weighted by Gasteiger charge is 2.20. The van der Waals surface area contributed by atoms with Gasteiger partial charge in [0.15, 0.2) is 11.6 Å². The van der Waals surface area contributed by atoms with Crippen LogP contribution in [0, 0.1) is 0 Å². The van der Waals surface area contributed by atoms with Gasteiger partial charge in [0.2, 0.25) is 5.95 Å². The van der Waals surface area contributed by atoms with E-state index in [1.807, 2.05) is 18.2 Å². The van der Waals surface area contributed by atoms with E-state index in [1.165, 1.54) is 49.5 Å². The summed E-state index contributed by atoms with van der Waals surface area (Å²) in [5.41, 5.74) is 12.5. The Balaban J connectivity index is 1.12. The molecule has 0 aliphatic heterocycles. The van der Waals surface area contributed by atoms with E-state index in [1.54, 1.807) is 0 Å². The highest BCUT2D eigenvalue weighted by molar-refractivity contribution is 6.15. The average Bonchev–Trinajstić information content (AvgIpc) is 3.61. The number of hydrogen-bond donors (Lipinski definition) is 0. The van der Waals surface area contributed by atoms with Crippen LogP contribution in [-0.2, 0) is 5.41 Å². The van der Waals surface area contributed by atoms with Gasteiger partial charge >= 0.3 is 0 Å². The Morgan fingerprint density at radius 2 is 0.825 bits per heavy atom. The van der Waals surface area contributed by atoms with E-state index in [9.17, 15) is 0 Å². The van der Waals surface area contributed by atoms with Gasteiger partial charge in [0.05, 0.1) is 11.0 Å². The molecule has 10 rings (SSSR count). The normalized spacial score (nSPS) is 11.8. The molecule has 0 amide bonds. The fraction of sp³-hybridized carbons (Fsp3) is 0.0755. The number of rotatable bonds is 6. The first-order valence-corrected chi connectivity index (χ1v) is 19.5. The molecular formula is C53H40N4. The van der Waals surface area contributed by atoms with Gasteiger partial charge in [0.25, 0.3) is 0 Å². The van der Waals surface area contributed by atoms with Gasteiger partial charge in [-0.05, 0) is 67.3 Å². The summed E-state index contributed by atoms with van der Waals surface area (Å²) < 4.78 is 2.19. The Bertz CT molecular complexity index is 3060. The Kier molecular flexibility index (Phi) is 8.34. The number of para-hydroxylation sites is 1. The second kappa shape index (κ2) is 13.8. The van der Waals surface area contributed by atoms with Crippen molar-refractivity contribution in [2.24, 2.45) is 0 Å². The van der Waals surface area contributed by atoms with Crippen molar-refractivity contribution < 1.29 is 0 Å². The van der Waals surface area contributed by atoms with Crippen LogP contribution in [0.2, 0.25) is 0 Å². The molecule has 0 saturated carbocycles. The molecule has 0 atom stereocenters. The number of aromatic nitrogens is 4. The number of hydrogen-bond acceptors (Lipinski definition) is 3. The first-order valence-electron chi connectivity index (χ1n) is 19.5. The molecule has 0 unspecified atom stereocenters. The van der Waals surface area contributed by atoms with Crippen molar-refractivity contribution in [1.82, 2.24) is 19.5 Å². The Morgan fingerprint density at radius 3 is 1.44 bits per heavy atom. The minimum Gasteiger partial charge on any atom is -0.278 e. The van der Waals surface area contributed by atoms with E-state index in [0.29, 0.717) is 17.6 Å². The molecule has 0 radical (unpaired) electrons. The van der Waals surface area contributed by atoms with Crippen LogP contribution in [0.1, 0.15) is 26.3 Å². The van der Waals surface area contributed by atoms with Crippen molar-refractivity contribution in [3.05, 3.63) is 194 Å². The third-order valence-corrected chi connectivity index (χ3v) is 11.1. The summed E-state index contributed by atoms with van der Waals surface area (Å²) in [4.78, 5) is 15.5. The molecule has 0 bridgehead atoms. The highest BCUT2D eigenvalue weighted by Crippen LogP contribution is 2.40. The third kappa shape index (κ3) is 6.16. The van der Waals surface area contributed by atoms with Crippen molar-refractivity contribution in [2.75, 3.05) is 0 Å². The molecular weight excluding hydrogens is 693 g/mol. The topological polar surface area (TPSA) is 43.6 Å². The molecule has 0 aliphatic rings. The summed E-state index contributed by atoms with van der Waals surface area (Å²) in [6, 6.07) is 66.7. The van der Waals surface area contributed by atoms with E-state index in [4.69, 9.17) is 15.0 Å². The molecule has 57 heavy (non-hydrogen) atoms. The lowest BCUT2D eigenvalue weighted by Crippen LogP contribution is -2.10. The summed E-state index contributed by atoms with van der Waals surface area (Å²) >= 11 is 0. The summed E-state index contributed by atoms with van der Waals surface area (Å²) in [5.74, 6) is 1.82. The maximum Gasteiger partial charge on any atom is 0.238 e. The minimum absolute atomic E-state index is 0.0979. The first kappa shape index (κ1) is 34.3. The van der Waals surface area contributed by atoms with Crippen LogP contribution in [0.4, 0.5) is 0 Å². The van der Waals surface area contributed by atoms with E-state index in [2.05, 4.69) is 195 Å². The molecule has 10 aromatic rings. The SMILES string of the molecule is CC(C)(C)c1ccc(-c2cccc3cccc(-c4ccc(-c5nc(-c6ccccc6)nc(-n6c7ccccc7c7c(-c8ccccc8)cccc76)n5)cc4)c23)cc1. The zero-order valence-corrected chi connectivity index (χ0v) is 32.2. The Morgan fingerprint density at radius 1 is 0.368 bits per heavy atom. The summed E-state index contributed by atoms with van der Waals surface area (Å²) in [6.07, 6.45) is 0. The van der Waals surface area contributed by atoms with Gasteiger partial charge in [-0.25, -0.2) is 4.98 Å². The largest absolute Gasteiger partial charge is 0.278 e. The number of benzene rings is 8. The zero-order valence-electron chi connectivity index (χ0n) is 32.2. The van der Waals surface area contributed by atoms with Crippen LogP contribution in [-0.4, -0.2) is 19.5 Å². The van der Waals surface area contributed by atoms with Gasteiger partial charge in [0.1, 0.15) is 0 Å². The predicted octanol–water partition coefficient (Wildman–Crippen LogP) is 13.8. The summed E-state index contributed by atoms with van der Waals surface area (Å²) in [7, 11) is 0. The van der Waals surface area contributed by atoms with Crippen molar-refractivity contribution in [1.29, 1.82) is 0 Å². The second-order valence-corrected chi connectivity index (χ2v) is 15.7. The van der Waals surface area contributed by atoms with Gasteiger partial charge in [0, 0.05) is 21.9 Å². The molecule has 0 spiro atoms. The lowest BCUT2D eigenvalue weighted by Gasteiger charge is -2.19. The van der Waals surface area contributed by atoms with Crippen molar-refractivity contribution in [2.45, 2.75) is 26.2 Å². The Hall–Kier alpha value is -7.17. The third-order valence-electron chi connectivity index (χ3n) is 11.1. The van der Waals surface area contributed by atoms with Gasteiger partial charge in [-0.1, -0.05) is 197 Å². The van der Waals surface area contributed by atoms with E-state index in [-0.39, 0.29) is 5.41 Å². The van der Waals surface area contributed by atoms with Crippen LogP contribution in [0.25, 0.3) is 94.7 Å². The molecule has 2 aromatic heterocycles. The van der Waals surface area contributed by atoms with E-state index >= 15 is 0 Å². The second-order valence-electron chi connectivity index (χ2n) is 15.7. The molecule has 2 heterocycles. The minimum atomic E-state index is 0.0979. The van der Waals surface area contributed by atoms with Crippen LogP contribution in [0.15, 0.2) is 188 Å². The number of fused-ring (bicyclic) bond motifs is 4. The monoisotopic (exact) mass is 732 g/mol. The summed E-state index contributed by atoms with van der Waals surface area (Å²) in [5, 5.41) is 4.78. The molecule has 272 valence electrons. The molecule has 4 nitrogen and oxygen atoms in total. The van der Waals surface area contributed by atoms with Crippen LogP contribution < -0.4 is 0 Å². The van der Waals surface area contributed by atoms with E-state index in [0.717, 1.165) is 33.1 Å². The maximum atomic E-state index is 5.25. The van der Waals surface area contributed by atoms with Crippen molar-refractivity contribution >= 4 is 32.6 Å². The fourth-order valence-electron chi connectivity index (χ4n) is 8.17. The average molecular weight is 733 g/mol. The standard InChI is InChI=1S/C53H40N4/c1-53(2,3)41-33-31-37(32-34-41)43-23-13-20-38-19-12-22-42(48(38)43)36-27-29-40(30-28-36)51-54-50(39-17-8-5-9-18-39)55-52(56-51)57-46-25-11-10-21-45(46)49-44(24-14-26-47(49)57)35-15-6-4-7-16-35/h4-34H,1-3H3. The lowest BCUT2D eigenvalue weighted by atomic mass is 9.85. The molecule has 0 aliphatic carbocycles. The molecule has 4 heteroatoms. The smallest absolute Gasteiger partial charge is 0.238 e. The Labute approximate surface area is 332 Å². The number of nitrogens with zero attached hydrogens (tertiary/aromatic N) is 4. The molecule has 0 N–H and O–H groups in total. The zero-order chi connectivity index (χ0) is 38.5. The summed E-state index contributed by atoms with van der Waals surface area (Å²) in [6.45, 7) is 6.77. The van der Waals surface area contributed by atoms with Gasteiger partial charge in [-0.3, -0.25) is 4.57 Å². The molecule has 8 aromatic carbocycles. The first-order chi connectivity index (χ1) is 27.9. The quantitative estimate of drug-likeness (QED) is 0.171. The lowest BCUT2D eigenvalue weighted by molar-refractivity contribution is 0.590. The fourth-order valence-corrected chi connectivity index (χ4v) is 8.17. The molecule has 0 fully saturated rings. The van der Waals surface area contributed by atoms with Gasteiger partial charge in [-0.2, -0.15) is 9.97 Å². The van der Waals surface area contributed by atoms with Crippen molar-refractivity contribution in [3.8, 4) is 62.1 Å².